The van der Waals surface area contributed by atoms with Crippen LogP contribution in [-0.2, 0) is 4.79 Å². The first-order valence-corrected chi connectivity index (χ1v) is 4.92. The molecule has 0 aliphatic carbocycles. The molecule has 2 atom stereocenters. The highest BCUT2D eigenvalue weighted by atomic mass is 16.4. The highest BCUT2D eigenvalue weighted by Gasteiger charge is 2.16. The summed E-state index contributed by atoms with van der Waals surface area (Å²) in [5.41, 5.74) is 0. The van der Waals surface area contributed by atoms with E-state index in [-0.39, 0.29) is 5.92 Å². The minimum absolute atomic E-state index is 0.274. The van der Waals surface area contributed by atoms with Gasteiger partial charge in [-0.2, -0.15) is 0 Å². The summed E-state index contributed by atoms with van der Waals surface area (Å²) in [5.74, 6) is -0.986. The largest absolute Gasteiger partial charge is 0.481 e. The number of hydrogen-bond acceptors (Lipinski definition) is 2. The second-order valence-electron chi connectivity index (χ2n) is 3.82. The zero-order valence-electron chi connectivity index (χ0n) is 9.08. The Hall–Kier alpha value is -0.570. The lowest BCUT2D eigenvalue weighted by atomic mass is 10.1. The molecule has 1 N–H and O–H groups in total. The van der Waals surface area contributed by atoms with E-state index >= 15 is 0 Å². The quantitative estimate of drug-likeness (QED) is 0.689. The molecular formula is C10H21NO2. The van der Waals surface area contributed by atoms with Gasteiger partial charge in [0.2, 0.25) is 0 Å². The van der Waals surface area contributed by atoms with Gasteiger partial charge in [-0.3, -0.25) is 4.79 Å². The third kappa shape index (κ3) is 4.88. The van der Waals surface area contributed by atoms with Crippen LogP contribution in [0.3, 0.4) is 0 Å². The van der Waals surface area contributed by atoms with Crippen LogP contribution in [0, 0.1) is 5.92 Å². The van der Waals surface area contributed by atoms with E-state index in [9.17, 15) is 4.79 Å². The summed E-state index contributed by atoms with van der Waals surface area (Å²) < 4.78 is 0. The molecule has 13 heavy (non-hydrogen) atoms. The maximum absolute atomic E-state index is 10.6. The highest BCUT2D eigenvalue weighted by molar-refractivity contribution is 5.69. The number of carboxylic acid groups (broad SMARTS) is 1. The third-order valence-corrected chi connectivity index (χ3v) is 2.44. The number of carboxylic acids is 1. The minimum atomic E-state index is -0.712. The Bertz CT molecular complexity index is 159. The van der Waals surface area contributed by atoms with Gasteiger partial charge in [0.25, 0.3) is 0 Å². The second kappa shape index (κ2) is 5.97. The van der Waals surface area contributed by atoms with E-state index in [1.165, 1.54) is 0 Å². The van der Waals surface area contributed by atoms with Gasteiger partial charge in [-0.1, -0.05) is 20.3 Å². The summed E-state index contributed by atoms with van der Waals surface area (Å²) in [7, 11) is 1.99. The molecule has 3 nitrogen and oxygen atoms in total. The van der Waals surface area contributed by atoms with Crippen molar-refractivity contribution in [2.75, 3.05) is 13.6 Å². The van der Waals surface area contributed by atoms with E-state index in [0.29, 0.717) is 12.6 Å². The van der Waals surface area contributed by atoms with Gasteiger partial charge in [-0.05, 0) is 20.4 Å². The van der Waals surface area contributed by atoms with Crippen molar-refractivity contribution >= 4 is 5.97 Å². The fourth-order valence-electron chi connectivity index (χ4n) is 1.33. The molecule has 0 radical (unpaired) electrons. The summed E-state index contributed by atoms with van der Waals surface area (Å²) >= 11 is 0. The predicted octanol–water partition coefficient (Wildman–Crippen LogP) is 1.83. The third-order valence-electron chi connectivity index (χ3n) is 2.44. The van der Waals surface area contributed by atoms with Crippen LogP contribution >= 0.6 is 0 Å². The lowest BCUT2D eigenvalue weighted by Crippen LogP contribution is -2.35. The zero-order chi connectivity index (χ0) is 10.4. The maximum Gasteiger partial charge on any atom is 0.307 e. The van der Waals surface area contributed by atoms with Gasteiger partial charge >= 0.3 is 5.97 Å². The molecular weight excluding hydrogens is 166 g/mol. The molecule has 2 unspecified atom stereocenters. The summed E-state index contributed by atoms with van der Waals surface area (Å²) in [4.78, 5) is 12.7. The number of nitrogens with zero attached hydrogens (tertiary/aromatic N) is 1. The number of rotatable bonds is 6. The van der Waals surface area contributed by atoms with E-state index in [1.54, 1.807) is 6.92 Å². The summed E-state index contributed by atoms with van der Waals surface area (Å²) in [6.07, 6.45) is 2.27. The van der Waals surface area contributed by atoms with Crippen molar-refractivity contribution in [3.63, 3.8) is 0 Å². The number of hydrogen-bond donors (Lipinski definition) is 1. The van der Waals surface area contributed by atoms with Crippen molar-refractivity contribution in [1.82, 2.24) is 4.90 Å². The molecule has 0 fully saturated rings. The summed E-state index contributed by atoms with van der Waals surface area (Å²) in [5, 5.41) is 8.72. The Kier molecular flexibility index (Phi) is 5.71. The lowest BCUT2D eigenvalue weighted by molar-refractivity contribution is -0.141. The maximum atomic E-state index is 10.6. The Morgan fingerprint density at radius 1 is 1.46 bits per heavy atom. The van der Waals surface area contributed by atoms with Crippen molar-refractivity contribution in [2.45, 2.75) is 39.7 Å². The van der Waals surface area contributed by atoms with Gasteiger partial charge in [0, 0.05) is 12.6 Å². The molecule has 3 heteroatoms. The van der Waals surface area contributed by atoms with E-state index in [2.05, 4.69) is 18.7 Å². The van der Waals surface area contributed by atoms with Crippen LogP contribution in [0.25, 0.3) is 0 Å². The van der Waals surface area contributed by atoms with Crippen molar-refractivity contribution in [1.29, 1.82) is 0 Å². The fraction of sp³-hybridized carbons (Fsp3) is 0.900. The Balaban J connectivity index is 3.84. The van der Waals surface area contributed by atoms with Crippen LogP contribution in [0.5, 0.6) is 0 Å². The van der Waals surface area contributed by atoms with Crippen molar-refractivity contribution < 1.29 is 9.90 Å². The van der Waals surface area contributed by atoms with Crippen LogP contribution in [0.1, 0.15) is 33.6 Å². The zero-order valence-corrected chi connectivity index (χ0v) is 9.08. The minimum Gasteiger partial charge on any atom is -0.481 e. The first-order chi connectivity index (χ1) is 5.99. The molecule has 0 amide bonds. The van der Waals surface area contributed by atoms with E-state index in [4.69, 9.17) is 5.11 Å². The highest BCUT2D eigenvalue weighted by Crippen LogP contribution is 2.07. The smallest absolute Gasteiger partial charge is 0.307 e. The van der Waals surface area contributed by atoms with E-state index in [1.807, 2.05) is 7.05 Å². The van der Waals surface area contributed by atoms with E-state index in [0.717, 1.165) is 12.8 Å². The van der Waals surface area contributed by atoms with Crippen molar-refractivity contribution in [3.05, 3.63) is 0 Å². The molecule has 0 aromatic heterocycles. The molecule has 0 aromatic carbocycles. The van der Waals surface area contributed by atoms with Crippen LogP contribution in [0.4, 0.5) is 0 Å². The monoisotopic (exact) mass is 187 g/mol. The topological polar surface area (TPSA) is 40.5 Å². The number of aliphatic carboxylic acids is 1. The van der Waals surface area contributed by atoms with Crippen LogP contribution in [0.2, 0.25) is 0 Å². The van der Waals surface area contributed by atoms with Crippen molar-refractivity contribution in [3.8, 4) is 0 Å². The summed E-state index contributed by atoms with van der Waals surface area (Å²) in [6, 6.07) is 0.479. The van der Waals surface area contributed by atoms with Crippen LogP contribution in [-0.4, -0.2) is 35.6 Å². The molecule has 0 aromatic rings. The van der Waals surface area contributed by atoms with Gasteiger partial charge < -0.3 is 10.0 Å². The predicted molar refractivity (Wildman–Crippen MR) is 53.8 cm³/mol. The molecule has 78 valence electrons. The molecule has 0 aliphatic rings. The van der Waals surface area contributed by atoms with E-state index < -0.39 is 5.97 Å². The molecule has 0 saturated carbocycles. The number of carbonyl (C=O) groups is 1. The molecule has 0 heterocycles. The SMILES string of the molecule is CCCC(C)N(C)CC(C)C(=O)O. The Labute approximate surface area is 80.7 Å². The van der Waals surface area contributed by atoms with Gasteiger partial charge in [0.15, 0.2) is 0 Å². The second-order valence-corrected chi connectivity index (χ2v) is 3.82. The average molecular weight is 187 g/mol. The first-order valence-electron chi connectivity index (χ1n) is 4.92. The van der Waals surface area contributed by atoms with Gasteiger partial charge in [0.1, 0.15) is 0 Å². The summed E-state index contributed by atoms with van der Waals surface area (Å²) in [6.45, 7) is 6.66. The molecule has 0 aliphatic heterocycles. The normalized spacial score (nSPS) is 15.8. The van der Waals surface area contributed by atoms with Gasteiger partial charge in [0.05, 0.1) is 5.92 Å². The first kappa shape index (κ1) is 12.4. The van der Waals surface area contributed by atoms with Crippen LogP contribution < -0.4 is 0 Å². The molecule has 0 spiro atoms. The molecule has 0 rings (SSSR count). The Morgan fingerprint density at radius 3 is 2.38 bits per heavy atom. The van der Waals surface area contributed by atoms with Gasteiger partial charge in [-0.25, -0.2) is 0 Å². The van der Waals surface area contributed by atoms with Crippen molar-refractivity contribution in [2.24, 2.45) is 5.92 Å². The van der Waals surface area contributed by atoms with Gasteiger partial charge in [-0.15, -0.1) is 0 Å². The van der Waals surface area contributed by atoms with Crippen LogP contribution in [0.15, 0.2) is 0 Å². The Morgan fingerprint density at radius 2 is 2.00 bits per heavy atom. The standard InChI is InChI=1S/C10H21NO2/c1-5-6-9(3)11(4)7-8(2)10(12)13/h8-9H,5-7H2,1-4H3,(H,12,13). The lowest BCUT2D eigenvalue weighted by Gasteiger charge is -2.25. The molecule has 0 bridgehead atoms. The fourth-order valence-corrected chi connectivity index (χ4v) is 1.33. The molecule has 0 saturated heterocycles. The average Bonchev–Trinajstić information content (AvgIpc) is 2.04.